The number of hydrogen-bond acceptors (Lipinski definition) is 3. The molecule has 0 aromatic heterocycles. The molecule has 0 unspecified atom stereocenters. The number of aromatic hydroxyl groups is 1. The van der Waals surface area contributed by atoms with E-state index in [0.717, 1.165) is 10.8 Å². The lowest BCUT2D eigenvalue weighted by molar-refractivity contribution is 0.335. The Morgan fingerprint density at radius 1 is 1.00 bits per heavy atom. The van der Waals surface area contributed by atoms with E-state index in [4.69, 9.17) is 5.90 Å². The molecule has 0 atom stereocenters. The van der Waals surface area contributed by atoms with Crippen LogP contribution >= 0.6 is 0 Å². The Labute approximate surface area is 75.3 Å². The largest absolute Gasteiger partial charge is 0.508 e. The first-order valence-corrected chi connectivity index (χ1v) is 3.89. The highest BCUT2D eigenvalue weighted by atomic mass is 16.6. The summed E-state index contributed by atoms with van der Waals surface area (Å²) in [6, 6.07) is 10.5. The lowest BCUT2D eigenvalue weighted by Gasteiger charge is -2.01. The van der Waals surface area contributed by atoms with Gasteiger partial charge in [-0.15, -0.1) is 0 Å². The summed E-state index contributed by atoms with van der Waals surface area (Å²) in [5.41, 5.74) is 0. The first kappa shape index (κ1) is 7.89. The van der Waals surface area contributed by atoms with E-state index in [9.17, 15) is 5.11 Å². The molecule has 2 aromatic carbocycles. The number of phenols is 1. The van der Waals surface area contributed by atoms with Crippen LogP contribution in [0.3, 0.4) is 0 Å². The van der Waals surface area contributed by atoms with Crippen LogP contribution < -0.4 is 10.7 Å². The van der Waals surface area contributed by atoms with Crippen LogP contribution in [0.2, 0.25) is 0 Å². The summed E-state index contributed by atoms with van der Waals surface area (Å²) >= 11 is 0. The standard InChI is InChI=1S/C10H9NO2/c11-13-10-4-2-7-5-9(12)3-1-8(7)6-10/h1-6,12H,11H2. The molecule has 3 heteroatoms. The first-order valence-electron chi connectivity index (χ1n) is 3.89. The fourth-order valence-electron chi connectivity index (χ4n) is 1.28. The highest BCUT2D eigenvalue weighted by Gasteiger charge is 1.97. The summed E-state index contributed by atoms with van der Waals surface area (Å²) in [5, 5.41) is 11.1. The molecule has 2 rings (SSSR count). The Morgan fingerprint density at radius 2 is 1.69 bits per heavy atom. The minimum atomic E-state index is 0.258. The zero-order valence-corrected chi connectivity index (χ0v) is 6.90. The number of hydrogen-bond donors (Lipinski definition) is 2. The Hall–Kier alpha value is -1.74. The van der Waals surface area contributed by atoms with Gasteiger partial charge < -0.3 is 9.94 Å². The lowest BCUT2D eigenvalue weighted by Crippen LogP contribution is -2.01. The second-order valence-corrected chi connectivity index (χ2v) is 2.81. The molecule has 0 amide bonds. The van der Waals surface area contributed by atoms with Gasteiger partial charge in [-0.05, 0) is 35.0 Å². The summed E-state index contributed by atoms with van der Waals surface area (Å²) in [7, 11) is 0. The third-order valence-corrected chi connectivity index (χ3v) is 1.93. The zero-order chi connectivity index (χ0) is 9.26. The molecule has 2 aromatic rings. The number of nitrogens with two attached hydrogens (primary N) is 1. The molecule has 0 saturated heterocycles. The summed E-state index contributed by atoms with van der Waals surface area (Å²) in [6.45, 7) is 0. The monoisotopic (exact) mass is 175 g/mol. The van der Waals surface area contributed by atoms with Crippen LogP contribution in [0.25, 0.3) is 10.8 Å². The summed E-state index contributed by atoms with van der Waals surface area (Å²) in [5.74, 6) is 5.89. The van der Waals surface area contributed by atoms with Crippen LogP contribution in [0.15, 0.2) is 36.4 Å². The van der Waals surface area contributed by atoms with Gasteiger partial charge in [0.05, 0.1) is 0 Å². The molecule has 0 bridgehead atoms. The lowest BCUT2D eigenvalue weighted by atomic mass is 10.1. The maximum absolute atomic E-state index is 9.20. The molecule has 0 aliphatic heterocycles. The van der Waals surface area contributed by atoms with Crippen LogP contribution in [0.4, 0.5) is 0 Å². The predicted octanol–water partition coefficient (Wildman–Crippen LogP) is 1.80. The number of fused-ring (bicyclic) bond motifs is 1. The van der Waals surface area contributed by atoms with Gasteiger partial charge in [0.1, 0.15) is 11.5 Å². The van der Waals surface area contributed by atoms with Gasteiger partial charge in [0.2, 0.25) is 0 Å². The van der Waals surface area contributed by atoms with Gasteiger partial charge in [0.15, 0.2) is 0 Å². The molecular weight excluding hydrogens is 166 g/mol. The van der Waals surface area contributed by atoms with E-state index in [1.807, 2.05) is 18.2 Å². The SMILES string of the molecule is NOc1ccc2cc(O)ccc2c1. The van der Waals surface area contributed by atoms with Crippen molar-refractivity contribution in [3.8, 4) is 11.5 Å². The molecule has 0 aliphatic carbocycles. The van der Waals surface area contributed by atoms with Gasteiger partial charge in [0.25, 0.3) is 0 Å². The zero-order valence-electron chi connectivity index (χ0n) is 6.90. The normalized spacial score (nSPS) is 10.2. The van der Waals surface area contributed by atoms with Crippen molar-refractivity contribution >= 4 is 10.8 Å². The van der Waals surface area contributed by atoms with Gasteiger partial charge in [-0.1, -0.05) is 12.1 Å². The van der Waals surface area contributed by atoms with Gasteiger partial charge in [0, 0.05) is 0 Å². The van der Waals surface area contributed by atoms with Crippen molar-refractivity contribution in [3.63, 3.8) is 0 Å². The summed E-state index contributed by atoms with van der Waals surface area (Å²) in [6.07, 6.45) is 0. The average Bonchev–Trinajstić information content (AvgIpc) is 2.17. The fourth-order valence-corrected chi connectivity index (χ4v) is 1.28. The van der Waals surface area contributed by atoms with Crippen molar-refractivity contribution in [1.82, 2.24) is 0 Å². The molecule has 66 valence electrons. The molecule has 3 N–H and O–H groups in total. The van der Waals surface area contributed by atoms with Crippen molar-refractivity contribution < 1.29 is 9.94 Å². The van der Waals surface area contributed by atoms with Crippen molar-refractivity contribution in [2.24, 2.45) is 5.90 Å². The quantitative estimate of drug-likeness (QED) is 0.650. The Bertz CT molecular complexity index is 440. The molecule has 0 aliphatic rings. The number of benzene rings is 2. The van der Waals surface area contributed by atoms with Gasteiger partial charge >= 0.3 is 0 Å². The van der Waals surface area contributed by atoms with E-state index in [0.29, 0.717) is 5.75 Å². The molecule has 0 radical (unpaired) electrons. The van der Waals surface area contributed by atoms with E-state index in [-0.39, 0.29) is 5.75 Å². The second-order valence-electron chi connectivity index (χ2n) is 2.81. The topological polar surface area (TPSA) is 55.5 Å². The maximum Gasteiger partial charge on any atom is 0.147 e. The predicted molar refractivity (Wildman–Crippen MR) is 50.4 cm³/mol. The summed E-state index contributed by atoms with van der Waals surface area (Å²) in [4.78, 5) is 4.59. The van der Waals surface area contributed by atoms with Crippen LogP contribution in [0.1, 0.15) is 0 Å². The minimum absolute atomic E-state index is 0.258. The molecule has 0 fully saturated rings. The van der Waals surface area contributed by atoms with Crippen LogP contribution in [-0.2, 0) is 0 Å². The van der Waals surface area contributed by atoms with E-state index >= 15 is 0 Å². The molecule has 0 saturated carbocycles. The smallest absolute Gasteiger partial charge is 0.147 e. The average molecular weight is 175 g/mol. The van der Waals surface area contributed by atoms with E-state index in [2.05, 4.69) is 4.84 Å². The third-order valence-electron chi connectivity index (χ3n) is 1.93. The second kappa shape index (κ2) is 2.95. The van der Waals surface area contributed by atoms with Crippen molar-refractivity contribution in [3.05, 3.63) is 36.4 Å². The Morgan fingerprint density at radius 3 is 2.46 bits per heavy atom. The Kier molecular flexibility index (Phi) is 1.79. The maximum atomic E-state index is 9.20. The highest BCUT2D eigenvalue weighted by Crippen LogP contribution is 2.23. The third kappa shape index (κ3) is 1.41. The van der Waals surface area contributed by atoms with Crippen molar-refractivity contribution in [2.75, 3.05) is 0 Å². The van der Waals surface area contributed by atoms with Gasteiger partial charge in [-0.3, -0.25) is 0 Å². The molecule has 3 nitrogen and oxygen atoms in total. The van der Waals surface area contributed by atoms with Crippen LogP contribution in [0.5, 0.6) is 11.5 Å². The number of phenolic OH excluding ortho intramolecular Hbond substituents is 1. The summed E-state index contributed by atoms with van der Waals surface area (Å²) < 4.78 is 0. The Balaban J connectivity index is 2.66. The first-order chi connectivity index (χ1) is 6.29. The van der Waals surface area contributed by atoms with Gasteiger partial charge in [-0.2, -0.15) is 5.90 Å². The van der Waals surface area contributed by atoms with Gasteiger partial charge in [-0.25, -0.2) is 0 Å². The van der Waals surface area contributed by atoms with E-state index in [1.165, 1.54) is 0 Å². The fraction of sp³-hybridized carbons (Fsp3) is 0. The van der Waals surface area contributed by atoms with E-state index < -0.39 is 0 Å². The van der Waals surface area contributed by atoms with Crippen molar-refractivity contribution in [2.45, 2.75) is 0 Å². The molecule has 0 spiro atoms. The number of rotatable bonds is 1. The van der Waals surface area contributed by atoms with Crippen LogP contribution in [0, 0.1) is 0 Å². The minimum Gasteiger partial charge on any atom is -0.508 e. The molecule has 13 heavy (non-hydrogen) atoms. The molecular formula is C10H9NO2. The highest BCUT2D eigenvalue weighted by molar-refractivity contribution is 5.85. The van der Waals surface area contributed by atoms with E-state index in [1.54, 1.807) is 18.2 Å². The van der Waals surface area contributed by atoms with Crippen molar-refractivity contribution in [1.29, 1.82) is 0 Å². The molecule has 0 heterocycles. The van der Waals surface area contributed by atoms with Crippen LogP contribution in [-0.4, -0.2) is 5.11 Å².